The fraction of sp³-hybridized carbons (Fsp3) is 0.182. The third-order valence-corrected chi connectivity index (χ3v) is 5.55. The number of carbonyl (C=O) groups excluding carboxylic acids is 2. The lowest BCUT2D eigenvalue weighted by atomic mass is 10.1. The average molecular weight is 442 g/mol. The fourth-order valence-electron chi connectivity index (χ4n) is 2.78. The van der Waals surface area contributed by atoms with Crippen molar-refractivity contribution in [2.24, 2.45) is 0 Å². The number of allylic oxidation sites excluding steroid dienone is 1. The Morgan fingerprint density at radius 3 is 2.63 bits per heavy atom. The lowest BCUT2D eigenvalue weighted by Gasteiger charge is -2.11. The Bertz CT molecular complexity index is 1170. The van der Waals surface area contributed by atoms with Crippen molar-refractivity contribution in [3.8, 4) is 0 Å². The van der Waals surface area contributed by atoms with E-state index >= 15 is 0 Å². The molecule has 3 aromatic rings. The van der Waals surface area contributed by atoms with Crippen LogP contribution in [0.3, 0.4) is 0 Å². The van der Waals surface area contributed by atoms with Gasteiger partial charge in [-0.2, -0.15) is 0 Å². The summed E-state index contributed by atoms with van der Waals surface area (Å²) in [5.74, 6) is -0.0951. The number of hydrogen-bond donors (Lipinski definition) is 1. The molecule has 1 N–H and O–H groups in total. The standard InChI is InChI=1S/C22H20ClN3O3S/c1-3-11-26-21(29)17-10-7-15(23)12-18(17)25-22(26)30-13-19(27)14-5-8-16(9-6-14)24-20(28)4-2/h3,5-10,12H,1,4,11,13H2,2H3,(H,24,28). The fourth-order valence-corrected chi connectivity index (χ4v) is 3.85. The topological polar surface area (TPSA) is 81.1 Å². The summed E-state index contributed by atoms with van der Waals surface area (Å²) in [4.78, 5) is 41.4. The predicted octanol–water partition coefficient (Wildman–Crippen LogP) is 4.56. The first-order valence-electron chi connectivity index (χ1n) is 9.29. The van der Waals surface area contributed by atoms with Crippen LogP contribution in [0.15, 0.2) is 65.1 Å². The van der Waals surface area contributed by atoms with Crippen LogP contribution in [0.4, 0.5) is 5.69 Å². The molecule has 0 aliphatic carbocycles. The van der Waals surface area contributed by atoms with Gasteiger partial charge in [0.1, 0.15) is 0 Å². The van der Waals surface area contributed by atoms with Crippen LogP contribution in [0.5, 0.6) is 0 Å². The number of hydrogen-bond acceptors (Lipinski definition) is 5. The van der Waals surface area contributed by atoms with Crippen molar-refractivity contribution in [2.45, 2.75) is 25.0 Å². The summed E-state index contributed by atoms with van der Waals surface area (Å²) in [5, 5.41) is 4.11. The summed E-state index contributed by atoms with van der Waals surface area (Å²) in [6.07, 6.45) is 1.99. The number of amides is 1. The van der Waals surface area contributed by atoms with E-state index in [1.54, 1.807) is 55.5 Å². The van der Waals surface area contributed by atoms with Gasteiger partial charge in [0, 0.05) is 29.2 Å². The van der Waals surface area contributed by atoms with Gasteiger partial charge in [0.05, 0.1) is 16.7 Å². The van der Waals surface area contributed by atoms with Crippen LogP contribution in [0.25, 0.3) is 10.9 Å². The largest absolute Gasteiger partial charge is 0.326 e. The molecule has 1 heterocycles. The van der Waals surface area contributed by atoms with Crippen LogP contribution >= 0.6 is 23.4 Å². The van der Waals surface area contributed by atoms with E-state index in [2.05, 4.69) is 16.9 Å². The zero-order chi connectivity index (χ0) is 21.7. The second-order valence-corrected chi connectivity index (χ2v) is 7.83. The van der Waals surface area contributed by atoms with Crippen LogP contribution in [0.2, 0.25) is 5.02 Å². The quantitative estimate of drug-likeness (QED) is 0.240. The van der Waals surface area contributed by atoms with E-state index in [1.807, 2.05) is 0 Å². The normalized spacial score (nSPS) is 10.7. The van der Waals surface area contributed by atoms with Crippen LogP contribution < -0.4 is 10.9 Å². The average Bonchev–Trinajstić information content (AvgIpc) is 2.74. The Balaban J connectivity index is 1.81. The molecule has 0 unspecified atom stereocenters. The molecule has 0 aliphatic heterocycles. The van der Waals surface area contributed by atoms with Gasteiger partial charge < -0.3 is 5.32 Å². The molecule has 0 atom stereocenters. The van der Waals surface area contributed by atoms with E-state index < -0.39 is 0 Å². The van der Waals surface area contributed by atoms with Crippen molar-refractivity contribution < 1.29 is 9.59 Å². The lowest BCUT2D eigenvalue weighted by Crippen LogP contribution is -2.23. The molecule has 0 aliphatic rings. The number of halogens is 1. The molecule has 6 nitrogen and oxygen atoms in total. The smallest absolute Gasteiger partial charge is 0.262 e. The van der Waals surface area contributed by atoms with Crippen molar-refractivity contribution in [1.29, 1.82) is 0 Å². The maximum Gasteiger partial charge on any atom is 0.262 e. The van der Waals surface area contributed by atoms with Crippen LogP contribution in [-0.4, -0.2) is 27.0 Å². The Hall–Kier alpha value is -2.90. The Labute approximate surface area is 183 Å². The summed E-state index contributed by atoms with van der Waals surface area (Å²) in [7, 11) is 0. The lowest BCUT2D eigenvalue weighted by molar-refractivity contribution is -0.115. The summed E-state index contributed by atoms with van der Waals surface area (Å²) in [6, 6.07) is 11.6. The maximum absolute atomic E-state index is 12.8. The SMILES string of the molecule is C=CCn1c(SCC(=O)c2ccc(NC(=O)CC)cc2)nc2cc(Cl)ccc2c1=O. The number of nitrogens with zero attached hydrogens (tertiary/aromatic N) is 2. The highest BCUT2D eigenvalue weighted by atomic mass is 35.5. The first-order valence-corrected chi connectivity index (χ1v) is 10.7. The monoisotopic (exact) mass is 441 g/mol. The summed E-state index contributed by atoms with van der Waals surface area (Å²) in [5.41, 5.74) is 1.43. The number of Topliss-reactive ketones (excluding diaryl/α,β-unsaturated/α-hetero) is 1. The number of thioether (sulfide) groups is 1. The second-order valence-electron chi connectivity index (χ2n) is 6.45. The van der Waals surface area contributed by atoms with Crippen molar-refractivity contribution >= 4 is 51.6 Å². The van der Waals surface area contributed by atoms with Crippen LogP contribution in [0, 0.1) is 0 Å². The summed E-state index contributed by atoms with van der Waals surface area (Å²) < 4.78 is 1.49. The minimum absolute atomic E-state index is 0.0905. The molecule has 8 heteroatoms. The number of aromatic nitrogens is 2. The zero-order valence-electron chi connectivity index (χ0n) is 16.4. The third kappa shape index (κ3) is 4.98. The van der Waals surface area contributed by atoms with Gasteiger partial charge in [-0.1, -0.05) is 36.4 Å². The van der Waals surface area contributed by atoms with Crippen molar-refractivity contribution in [1.82, 2.24) is 9.55 Å². The highest BCUT2D eigenvalue weighted by Gasteiger charge is 2.14. The van der Waals surface area contributed by atoms with Crippen molar-refractivity contribution in [2.75, 3.05) is 11.1 Å². The van der Waals surface area contributed by atoms with Gasteiger partial charge in [0.2, 0.25) is 5.91 Å². The molecular formula is C22H20ClN3O3S. The number of rotatable bonds is 8. The van der Waals surface area contributed by atoms with Crippen molar-refractivity contribution in [3.05, 3.63) is 76.1 Å². The molecule has 0 saturated heterocycles. The molecule has 154 valence electrons. The molecule has 3 rings (SSSR count). The molecule has 30 heavy (non-hydrogen) atoms. The van der Waals surface area contributed by atoms with E-state index in [-0.39, 0.29) is 29.5 Å². The Morgan fingerprint density at radius 2 is 1.97 bits per heavy atom. The summed E-state index contributed by atoms with van der Waals surface area (Å²) in [6.45, 7) is 5.75. The number of anilines is 1. The van der Waals surface area contributed by atoms with E-state index in [1.165, 1.54) is 16.3 Å². The first-order chi connectivity index (χ1) is 14.4. The first kappa shape index (κ1) is 21.8. The molecule has 0 fully saturated rings. The molecule has 2 aromatic carbocycles. The number of nitrogens with one attached hydrogen (secondary N) is 1. The number of carbonyl (C=O) groups is 2. The molecule has 1 aromatic heterocycles. The van der Waals surface area contributed by atoms with Gasteiger partial charge in [-0.05, 0) is 42.5 Å². The second kappa shape index (κ2) is 9.73. The highest BCUT2D eigenvalue weighted by Crippen LogP contribution is 2.22. The summed E-state index contributed by atoms with van der Waals surface area (Å²) >= 11 is 7.22. The van der Waals surface area contributed by atoms with E-state index in [4.69, 9.17) is 11.6 Å². The number of fused-ring (bicyclic) bond motifs is 1. The van der Waals surface area contributed by atoms with Gasteiger partial charge >= 0.3 is 0 Å². The molecule has 0 saturated carbocycles. The third-order valence-electron chi connectivity index (χ3n) is 4.34. The van der Waals surface area contributed by atoms with E-state index in [0.717, 1.165) is 0 Å². The van der Waals surface area contributed by atoms with Gasteiger partial charge in [0.15, 0.2) is 10.9 Å². The minimum Gasteiger partial charge on any atom is -0.326 e. The Kier molecular flexibility index (Phi) is 7.07. The Morgan fingerprint density at radius 1 is 1.23 bits per heavy atom. The van der Waals surface area contributed by atoms with Gasteiger partial charge in [-0.3, -0.25) is 19.0 Å². The number of benzene rings is 2. The molecule has 0 bridgehead atoms. The van der Waals surface area contributed by atoms with Crippen LogP contribution in [-0.2, 0) is 11.3 Å². The van der Waals surface area contributed by atoms with E-state index in [0.29, 0.717) is 38.8 Å². The molecule has 0 radical (unpaired) electrons. The van der Waals surface area contributed by atoms with Gasteiger partial charge in [-0.25, -0.2) is 4.98 Å². The zero-order valence-corrected chi connectivity index (χ0v) is 17.9. The van der Waals surface area contributed by atoms with Crippen molar-refractivity contribution in [3.63, 3.8) is 0 Å². The maximum atomic E-state index is 12.8. The van der Waals surface area contributed by atoms with Crippen LogP contribution in [0.1, 0.15) is 23.7 Å². The molecule has 0 spiro atoms. The van der Waals surface area contributed by atoms with Gasteiger partial charge in [0.25, 0.3) is 5.56 Å². The van der Waals surface area contributed by atoms with E-state index in [9.17, 15) is 14.4 Å². The molecular weight excluding hydrogens is 422 g/mol. The molecule has 1 amide bonds. The number of ketones is 1. The predicted molar refractivity (Wildman–Crippen MR) is 122 cm³/mol. The highest BCUT2D eigenvalue weighted by molar-refractivity contribution is 7.99. The van der Waals surface area contributed by atoms with Gasteiger partial charge in [-0.15, -0.1) is 6.58 Å². The minimum atomic E-state index is -0.206.